The fourth-order valence-electron chi connectivity index (χ4n) is 3.75. The molecule has 7 heteroatoms. The number of anilines is 1. The van der Waals surface area contributed by atoms with Crippen LogP contribution >= 0.6 is 0 Å². The number of rotatable bonds is 5. The number of tetrazole rings is 1. The highest BCUT2D eigenvalue weighted by Gasteiger charge is 2.41. The van der Waals surface area contributed by atoms with Gasteiger partial charge >= 0.3 is 0 Å². The van der Waals surface area contributed by atoms with E-state index >= 15 is 0 Å². The second-order valence-electron chi connectivity index (χ2n) is 7.21. The van der Waals surface area contributed by atoms with E-state index in [0.29, 0.717) is 18.6 Å². The molecule has 25 heavy (non-hydrogen) atoms. The topological polar surface area (TPSA) is 65.3 Å². The molecule has 2 aromatic rings. The summed E-state index contributed by atoms with van der Waals surface area (Å²) in [6.07, 6.45) is 3.79. The summed E-state index contributed by atoms with van der Waals surface area (Å²) in [6.45, 7) is 4.73. The SMILES string of the molecule is COCc1ccc(Cn2nnnc2N2CCOCC3(CCC3)C2)cc1. The summed E-state index contributed by atoms with van der Waals surface area (Å²) in [6, 6.07) is 8.40. The van der Waals surface area contributed by atoms with E-state index in [9.17, 15) is 0 Å². The highest BCUT2D eigenvalue weighted by molar-refractivity contribution is 5.31. The highest BCUT2D eigenvalue weighted by atomic mass is 16.5. The van der Waals surface area contributed by atoms with Gasteiger partial charge < -0.3 is 14.4 Å². The number of nitrogens with zero attached hydrogens (tertiary/aromatic N) is 5. The normalized spacial score (nSPS) is 19.6. The van der Waals surface area contributed by atoms with Crippen LogP contribution in [0, 0.1) is 5.41 Å². The van der Waals surface area contributed by atoms with Crippen LogP contribution in [0.4, 0.5) is 5.95 Å². The van der Waals surface area contributed by atoms with Gasteiger partial charge in [-0.25, -0.2) is 4.68 Å². The van der Waals surface area contributed by atoms with Crippen molar-refractivity contribution in [3.8, 4) is 0 Å². The van der Waals surface area contributed by atoms with Gasteiger partial charge in [0.2, 0.25) is 5.95 Å². The van der Waals surface area contributed by atoms with Gasteiger partial charge in [-0.05, 0) is 34.4 Å². The van der Waals surface area contributed by atoms with Gasteiger partial charge in [-0.1, -0.05) is 35.8 Å². The Kier molecular flexibility index (Phi) is 4.67. The van der Waals surface area contributed by atoms with Gasteiger partial charge in [-0.2, -0.15) is 0 Å². The van der Waals surface area contributed by atoms with E-state index in [0.717, 1.165) is 32.3 Å². The first-order valence-corrected chi connectivity index (χ1v) is 8.94. The molecule has 2 heterocycles. The Morgan fingerprint density at radius 1 is 1.20 bits per heavy atom. The summed E-state index contributed by atoms with van der Waals surface area (Å²) >= 11 is 0. The predicted octanol–water partition coefficient (Wildman–Crippen LogP) is 1.87. The van der Waals surface area contributed by atoms with Crippen LogP contribution in [0.3, 0.4) is 0 Å². The Morgan fingerprint density at radius 3 is 2.72 bits per heavy atom. The van der Waals surface area contributed by atoms with Crippen molar-refractivity contribution in [3.05, 3.63) is 35.4 Å². The molecule has 134 valence electrons. The van der Waals surface area contributed by atoms with Crippen LogP contribution in [0.1, 0.15) is 30.4 Å². The van der Waals surface area contributed by atoms with Crippen LogP contribution in [0.5, 0.6) is 0 Å². The third-order valence-corrected chi connectivity index (χ3v) is 5.32. The molecule has 0 N–H and O–H groups in total. The van der Waals surface area contributed by atoms with Gasteiger partial charge in [-0.15, -0.1) is 0 Å². The largest absolute Gasteiger partial charge is 0.380 e. The lowest BCUT2D eigenvalue weighted by atomic mass is 9.69. The van der Waals surface area contributed by atoms with Crippen LogP contribution in [-0.4, -0.2) is 53.6 Å². The summed E-state index contributed by atoms with van der Waals surface area (Å²) in [7, 11) is 1.71. The molecule has 1 aliphatic heterocycles. The van der Waals surface area contributed by atoms with E-state index in [-0.39, 0.29) is 0 Å². The molecule has 1 saturated heterocycles. The Morgan fingerprint density at radius 2 is 2.00 bits per heavy atom. The van der Waals surface area contributed by atoms with Crippen molar-refractivity contribution in [3.63, 3.8) is 0 Å². The van der Waals surface area contributed by atoms with Gasteiger partial charge in [0, 0.05) is 25.6 Å². The highest BCUT2D eigenvalue weighted by Crippen LogP contribution is 2.43. The molecule has 2 fully saturated rings. The lowest BCUT2D eigenvalue weighted by Crippen LogP contribution is -2.44. The van der Waals surface area contributed by atoms with Crippen molar-refractivity contribution >= 4 is 5.95 Å². The fraction of sp³-hybridized carbons (Fsp3) is 0.611. The number of hydrogen-bond acceptors (Lipinski definition) is 6. The first kappa shape index (κ1) is 16.5. The molecule has 0 atom stereocenters. The van der Waals surface area contributed by atoms with Gasteiger partial charge in [0.05, 0.1) is 26.4 Å². The molecule has 0 amide bonds. The third-order valence-electron chi connectivity index (χ3n) is 5.32. The molecule has 0 unspecified atom stereocenters. The summed E-state index contributed by atoms with van der Waals surface area (Å²) in [5, 5.41) is 12.4. The second kappa shape index (κ2) is 7.09. The summed E-state index contributed by atoms with van der Waals surface area (Å²) < 4.78 is 12.9. The molecular weight excluding hydrogens is 318 g/mol. The Balaban J connectivity index is 1.49. The van der Waals surface area contributed by atoms with Crippen LogP contribution in [-0.2, 0) is 22.6 Å². The number of methoxy groups -OCH3 is 1. The summed E-state index contributed by atoms with van der Waals surface area (Å²) in [4.78, 5) is 2.30. The van der Waals surface area contributed by atoms with E-state index in [4.69, 9.17) is 9.47 Å². The lowest BCUT2D eigenvalue weighted by molar-refractivity contribution is 0.0187. The zero-order valence-electron chi connectivity index (χ0n) is 14.7. The van der Waals surface area contributed by atoms with Crippen LogP contribution in [0.25, 0.3) is 0 Å². The fourth-order valence-corrected chi connectivity index (χ4v) is 3.75. The summed E-state index contributed by atoms with van der Waals surface area (Å²) in [5.41, 5.74) is 2.65. The van der Waals surface area contributed by atoms with Gasteiger partial charge in [-0.3, -0.25) is 0 Å². The molecule has 7 nitrogen and oxygen atoms in total. The van der Waals surface area contributed by atoms with Crippen molar-refractivity contribution in [2.45, 2.75) is 32.4 Å². The molecule has 1 aliphatic carbocycles. The number of hydrogen-bond donors (Lipinski definition) is 0. The molecule has 0 radical (unpaired) electrons. The van der Waals surface area contributed by atoms with E-state index in [1.54, 1.807) is 7.11 Å². The van der Waals surface area contributed by atoms with Crippen molar-refractivity contribution < 1.29 is 9.47 Å². The minimum Gasteiger partial charge on any atom is -0.380 e. The second-order valence-corrected chi connectivity index (χ2v) is 7.21. The number of ether oxygens (including phenoxy) is 2. The number of aromatic nitrogens is 4. The Bertz CT molecular complexity index is 696. The van der Waals surface area contributed by atoms with Gasteiger partial charge in [0.25, 0.3) is 0 Å². The van der Waals surface area contributed by atoms with Crippen molar-refractivity contribution in [1.82, 2.24) is 20.2 Å². The third kappa shape index (κ3) is 3.52. The minimum absolute atomic E-state index is 0.301. The molecule has 1 spiro atoms. The van der Waals surface area contributed by atoms with Gasteiger partial charge in [0.1, 0.15) is 0 Å². The van der Waals surface area contributed by atoms with Crippen LogP contribution in [0.2, 0.25) is 0 Å². The molecule has 1 aromatic carbocycles. The van der Waals surface area contributed by atoms with E-state index < -0.39 is 0 Å². The van der Waals surface area contributed by atoms with Crippen LogP contribution < -0.4 is 4.90 Å². The number of benzene rings is 1. The molecule has 1 saturated carbocycles. The zero-order chi connectivity index (χ0) is 17.1. The van der Waals surface area contributed by atoms with Crippen molar-refractivity contribution in [1.29, 1.82) is 0 Å². The standard InChI is InChI=1S/C18H25N5O2/c1-24-12-16-5-3-15(4-6-16)11-23-17(19-20-21-23)22-9-10-25-14-18(13-22)7-2-8-18/h3-6H,2,7-14H2,1H3. The van der Waals surface area contributed by atoms with E-state index in [1.807, 2.05) is 4.68 Å². The monoisotopic (exact) mass is 343 g/mol. The molecule has 1 aromatic heterocycles. The minimum atomic E-state index is 0.301. The van der Waals surface area contributed by atoms with Crippen molar-refractivity contribution in [2.24, 2.45) is 5.41 Å². The first-order chi connectivity index (χ1) is 12.3. The Labute approximate surface area is 147 Å². The maximum absolute atomic E-state index is 5.84. The van der Waals surface area contributed by atoms with E-state index in [1.165, 1.54) is 30.4 Å². The van der Waals surface area contributed by atoms with E-state index in [2.05, 4.69) is 44.7 Å². The molecule has 4 rings (SSSR count). The maximum atomic E-state index is 5.84. The van der Waals surface area contributed by atoms with Crippen molar-refractivity contribution in [2.75, 3.05) is 38.3 Å². The lowest BCUT2D eigenvalue weighted by Gasteiger charge is -2.42. The molecule has 2 aliphatic rings. The molecule has 0 bridgehead atoms. The first-order valence-electron chi connectivity index (χ1n) is 8.94. The average molecular weight is 343 g/mol. The smallest absolute Gasteiger partial charge is 0.245 e. The zero-order valence-corrected chi connectivity index (χ0v) is 14.7. The maximum Gasteiger partial charge on any atom is 0.245 e. The van der Waals surface area contributed by atoms with Crippen LogP contribution in [0.15, 0.2) is 24.3 Å². The van der Waals surface area contributed by atoms with Gasteiger partial charge in [0.15, 0.2) is 0 Å². The molecular formula is C18H25N5O2. The predicted molar refractivity (Wildman–Crippen MR) is 93.4 cm³/mol. The average Bonchev–Trinajstić information content (AvgIpc) is 2.92. The quantitative estimate of drug-likeness (QED) is 0.826. The summed E-state index contributed by atoms with van der Waals surface area (Å²) in [5.74, 6) is 0.845. The Hall–Kier alpha value is -1.99.